The molecule has 25 nitrogen and oxygen atoms in total. The van der Waals surface area contributed by atoms with Crippen molar-refractivity contribution in [2.75, 3.05) is 31.1 Å². The number of amides is 8. The fourth-order valence-electron chi connectivity index (χ4n) is 12.4. The third kappa shape index (κ3) is 20.3. The van der Waals surface area contributed by atoms with Gasteiger partial charge in [-0.1, -0.05) is 18.2 Å². The minimum Gasteiger partial charge on any atom is -0.508 e. The van der Waals surface area contributed by atoms with Crippen LogP contribution in [0.3, 0.4) is 0 Å². The summed E-state index contributed by atoms with van der Waals surface area (Å²) in [7, 11) is 0. The fourth-order valence-corrected chi connectivity index (χ4v) is 14.1. The van der Waals surface area contributed by atoms with Crippen LogP contribution in [0.25, 0.3) is 21.8 Å². The van der Waals surface area contributed by atoms with Gasteiger partial charge in [-0.3, -0.25) is 47.9 Å². The van der Waals surface area contributed by atoms with Crippen LogP contribution in [0.4, 0.5) is 13.2 Å². The minimum absolute atomic E-state index is 0.0389. The number of Topliss-reactive ketones (excluding diaryl/α,β-unsaturated/α-hetero) is 1. The van der Waals surface area contributed by atoms with Crippen LogP contribution in [-0.2, 0) is 85.1 Å². The highest BCUT2D eigenvalue weighted by molar-refractivity contribution is 7.98. The predicted octanol–water partition coefficient (Wildman–Crippen LogP) is 4.94. The monoisotopic (exact) mass is 1420 g/mol. The number of carboxylic acids is 1. The Bertz CT molecular complexity index is 4100. The molecule has 3 aromatic heterocycles. The first-order chi connectivity index (χ1) is 47.9. The number of aromatic hydroxyl groups is 1. The molecular formula is C70H82F3N13O12S2. The average molecular weight is 1420 g/mol. The summed E-state index contributed by atoms with van der Waals surface area (Å²) >= 11 is 2.80. The number of thioether (sulfide) groups is 2. The maximum atomic E-state index is 15.2. The zero-order valence-electron chi connectivity index (χ0n) is 55.2. The van der Waals surface area contributed by atoms with Gasteiger partial charge < -0.3 is 73.0 Å². The van der Waals surface area contributed by atoms with Crippen LogP contribution in [0.15, 0.2) is 104 Å². The first kappa shape index (κ1) is 74.5. The van der Waals surface area contributed by atoms with Gasteiger partial charge in [0.1, 0.15) is 58.9 Å². The van der Waals surface area contributed by atoms with Crippen LogP contribution in [0.2, 0.25) is 0 Å². The number of nitrogens with two attached hydrogens (primary N) is 1. The third-order valence-corrected chi connectivity index (χ3v) is 19.9. The van der Waals surface area contributed by atoms with E-state index in [1.165, 1.54) is 133 Å². The number of carbonyl (C=O) groups excluding carboxylic acids is 9. The van der Waals surface area contributed by atoms with E-state index >= 15 is 18.8 Å². The molecule has 532 valence electrons. The van der Waals surface area contributed by atoms with Gasteiger partial charge in [0.2, 0.25) is 47.3 Å². The van der Waals surface area contributed by atoms with E-state index in [0.717, 1.165) is 0 Å². The van der Waals surface area contributed by atoms with Gasteiger partial charge in [-0.15, -0.1) is 0 Å². The molecule has 9 rings (SSSR count). The lowest BCUT2D eigenvalue weighted by molar-refractivity contribution is -0.146. The van der Waals surface area contributed by atoms with E-state index in [4.69, 9.17) is 5.73 Å². The standard InChI is InChI=1S/C70H82F3N13O12S2/c1-39-63(92)83-57(27-45-34-78-54-14-10-47(72)31-52(45)54)66(95)82-56(26-44-33-77-53-13-9-46(71)30-51(44)53)60(88)28-43(29-62(90)91)64(93)84-58(32-49-35-75-38-79-49)67(96)85-59(25-40-7-11-50(87)12-8-40)68(97)86-19-5-16-70(86,2)69(98)76-18-21-100-37-42-22-41(23-48(73)24-42)36-99-20-15-61(89)81-55(65(94)80-39)6-3-4-17-74/h7-14,22-24,30-31,33-35,38-39,43,55-59,77-78,87H,3-6,15-21,25-29,32,36-37,74H2,1-2H3,(H,75,79)(H,76,98)(H,80,94)(H,81,89)(H,82,95)(H,83,92)(H,84,93)(H,85,96)(H,90,91)/t39-,43+,55+,56+,57+,58+,59+,70+/m1/s1. The minimum atomic E-state index is -1.78. The Balaban J connectivity index is 1.06. The second-order valence-corrected chi connectivity index (χ2v) is 27.6. The molecule has 2 aliphatic heterocycles. The van der Waals surface area contributed by atoms with E-state index in [1.807, 2.05) is 6.07 Å². The largest absolute Gasteiger partial charge is 0.508 e. The van der Waals surface area contributed by atoms with Crippen molar-refractivity contribution in [1.82, 2.24) is 62.1 Å². The lowest BCUT2D eigenvalue weighted by atomic mass is 9.91. The number of phenolic OH excluding ortho intramolecular Hbond substituents is 1. The number of fused-ring (bicyclic) bond motifs is 5. The molecular weight excluding hydrogens is 1340 g/mol. The van der Waals surface area contributed by atoms with Crippen molar-refractivity contribution in [3.05, 3.63) is 155 Å². The molecule has 0 spiro atoms. The second kappa shape index (κ2) is 34.9. The number of aromatic nitrogens is 4. The highest BCUT2D eigenvalue weighted by atomic mass is 32.2. The molecule has 8 atom stereocenters. The number of hydrogen-bond acceptors (Lipinski definition) is 15. The fraction of sp³-hybridized carbons (Fsp3) is 0.414. The van der Waals surface area contributed by atoms with Crippen molar-refractivity contribution in [3.8, 4) is 5.75 Å². The van der Waals surface area contributed by atoms with Crippen molar-refractivity contribution >= 4 is 104 Å². The number of carbonyl (C=O) groups is 10. The van der Waals surface area contributed by atoms with Gasteiger partial charge in [-0.2, -0.15) is 23.5 Å². The highest BCUT2D eigenvalue weighted by Gasteiger charge is 2.48. The average Bonchev–Trinajstić information content (AvgIpc) is 1.60. The number of aromatic amines is 3. The van der Waals surface area contributed by atoms with Crippen molar-refractivity contribution in [2.45, 2.75) is 144 Å². The Morgan fingerprint density at radius 3 is 1.89 bits per heavy atom. The van der Waals surface area contributed by atoms with E-state index in [0.29, 0.717) is 86.3 Å². The van der Waals surface area contributed by atoms with Gasteiger partial charge in [0.15, 0.2) is 5.78 Å². The molecule has 30 heteroatoms. The van der Waals surface area contributed by atoms with Gasteiger partial charge in [0, 0.05) is 121 Å². The molecule has 0 radical (unpaired) electrons. The molecule has 8 amide bonds. The number of phenols is 1. The van der Waals surface area contributed by atoms with Crippen LogP contribution in [0, 0.1) is 23.4 Å². The smallest absolute Gasteiger partial charge is 0.304 e. The number of nitrogens with one attached hydrogen (secondary N) is 10. The maximum absolute atomic E-state index is 15.2. The molecule has 1 saturated heterocycles. The molecule has 5 heterocycles. The van der Waals surface area contributed by atoms with Gasteiger partial charge in [-0.05, 0) is 141 Å². The summed E-state index contributed by atoms with van der Waals surface area (Å²) in [5, 5.41) is 40.3. The Morgan fingerprint density at radius 2 is 1.26 bits per heavy atom. The molecule has 0 aliphatic carbocycles. The van der Waals surface area contributed by atoms with Crippen LogP contribution in [-0.4, -0.2) is 167 Å². The normalized spacial score (nSPS) is 23.0. The molecule has 4 aromatic carbocycles. The molecule has 0 saturated carbocycles. The molecule has 100 heavy (non-hydrogen) atoms. The number of carboxylic acid groups (broad SMARTS) is 1. The third-order valence-electron chi connectivity index (χ3n) is 17.8. The van der Waals surface area contributed by atoms with E-state index in [9.17, 15) is 52.6 Å². The quantitative estimate of drug-likeness (QED) is 0.0641. The number of H-pyrrole nitrogens is 3. The lowest BCUT2D eigenvalue weighted by Crippen LogP contribution is -2.61. The Kier molecular flexibility index (Phi) is 26.0. The number of halogens is 3. The number of rotatable bonds is 14. The number of ketones is 1. The van der Waals surface area contributed by atoms with E-state index in [1.54, 1.807) is 6.92 Å². The predicted molar refractivity (Wildman–Crippen MR) is 369 cm³/mol. The number of unbranched alkanes of at least 4 members (excludes halogenated alkanes) is 1. The number of hydrogen-bond donors (Lipinski definition) is 13. The van der Waals surface area contributed by atoms with Gasteiger partial charge in [0.25, 0.3) is 0 Å². The Hall–Kier alpha value is -9.68. The van der Waals surface area contributed by atoms with Gasteiger partial charge in [0.05, 0.1) is 24.7 Å². The first-order valence-corrected chi connectivity index (χ1v) is 35.3. The van der Waals surface area contributed by atoms with Crippen LogP contribution in [0.1, 0.15) is 98.7 Å². The maximum Gasteiger partial charge on any atom is 0.304 e. The van der Waals surface area contributed by atoms with Crippen molar-refractivity contribution < 1.29 is 71.3 Å². The Morgan fingerprint density at radius 1 is 0.660 bits per heavy atom. The lowest BCUT2D eigenvalue weighted by Gasteiger charge is -2.36. The summed E-state index contributed by atoms with van der Waals surface area (Å²) < 4.78 is 45.0. The second-order valence-electron chi connectivity index (χ2n) is 25.4. The number of imidazole rings is 1. The van der Waals surface area contributed by atoms with Gasteiger partial charge >= 0.3 is 5.97 Å². The topological polar surface area (TPSA) is 385 Å². The molecule has 0 unspecified atom stereocenters. The summed E-state index contributed by atoms with van der Waals surface area (Å²) in [6.07, 6.45) is 4.08. The first-order valence-electron chi connectivity index (χ1n) is 33.0. The Labute approximate surface area is 582 Å². The number of benzene rings is 4. The molecule has 7 aromatic rings. The van der Waals surface area contributed by atoms with Crippen molar-refractivity contribution in [1.29, 1.82) is 0 Å². The molecule has 1 fully saturated rings. The summed E-state index contributed by atoms with van der Waals surface area (Å²) in [4.78, 5) is 159. The van der Waals surface area contributed by atoms with Crippen molar-refractivity contribution in [3.63, 3.8) is 0 Å². The van der Waals surface area contributed by atoms with Crippen LogP contribution >= 0.6 is 23.5 Å². The summed E-state index contributed by atoms with van der Waals surface area (Å²) in [5.41, 5.74) is 7.98. The molecule has 2 bridgehead atoms. The zero-order chi connectivity index (χ0) is 71.6. The molecule has 2 aliphatic rings. The van der Waals surface area contributed by atoms with Crippen molar-refractivity contribution in [2.24, 2.45) is 11.7 Å². The van der Waals surface area contributed by atoms with E-state index in [2.05, 4.69) is 57.2 Å². The van der Waals surface area contributed by atoms with Crippen LogP contribution < -0.4 is 43.0 Å². The van der Waals surface area contributed by atoms with E-state index in [-0.39, 0.29) is 75.2 Å². The zero-order valence-corrected chi connectivity index (χ0v) is 56.8. The summed E-state index contributed by atoms with van der Waals surface area (Å²) in [6.45, 7) is 3.52. The van der Waals surface area contributed by atoms with E-state index < -0.39 is 143 Å². The summed E-state index contributed by atoms with van der Waals surface area (Å²) in [5.74, 6) is -11.1. The van der Waals surface area contributed by atoms with Crippen LogP contribution in [0.5, 0.6) is 5.75 Å². The number of nitrogens with zero attached hydrogens (tertiary/aromatic N) is 2. The highest BCUT2D eigenvalue weighted by Crippen LogP contribution is 2.32. The molecule has 14 N–H and O–H groups in total. The SMILES string of the molecule is C[C@H]1NC(=O)[C@H](CCCCN)NC(=O)CCSCc2cc(F)cc(c2)CSCCNC(=O)[C@]2(C)CCCN2C(=O)[C@H](Cc2ccc(O)cc2)NC(=O)[C@H](Cc2cnc[nH]2)NC(=O)[C@H](CC(=O)O)CC(=O)[C@H](Cc2c[nH]c3ccc(F)cc23)NC(=O)[C@H](Cc2c[nH]c3ccc(F)cc23)NC1=O. The summed E-state index contributed by atoms with van der Waals surface area (Å²) in [6, 6.07) is 9.31. The number of aliphatic carboxylic acids is 1. The van der Waals surface area contributed by atoms with Gasteiger partial charge in [-0.25, -0.2) is 18.2 Å².